The average Bonchev–Trinajstić information content (AvgIpc) is 2.35. The minimum Gasteiger partial charge on any atom is -0.398 e. The van der Waals surface area contributed by atoms with E-state index in [0.717, 1.165) is 13.0 Å². The van der Waals surface area contributed by atoms with Crippen molar-refractivity contribution >= 4 is 23.2 Å². The molecule has 1 fully saturated rings. The predicted molar refractivity (Wildman–Crippen MR) is 74.8 cm³/mol. The monoisotopic (exact) mass is 266 g/mol. The predicted octanol–water partition coefficient (Wildman–Crippen LogP) is 3.18. The SMILES string of the molecule is CC1CCC(C)N(C(=O)c2ccc(N)c(Cl)c2)C1. The molecule has 2 atom stereocenters. The Morgan fingerprint density at radius 2 is 2.11 bits per heavy atom. The van der Waals surface area contributed by atoms with Crippen LogP contribution in [0.15, 0.2) is 18.2 Å². The second-order valence-corrected chi connectivity index (χ2v) is 5.63. The number of hydrogen-bond donors (Lipinski definition) is 1. The lowest BCUT2D eigenvalue weighted by atomic mass is 9.94. The third-order valence-corrected chi connectivity index (χ3v) is 3.95. The maximum Gasteiger partial charge on any atom is 0.254 e. The van der Waals surface area contributed by atoms with Crippen LogP contribution in [0.2, 0.25) is 5.02 Å². The number of carbonyl (C=O) groups excluding carboxylic acids is 1. The Bertz CT molecular complexity index is 461. The van der Waals surface area contributed by atoms with Gasteiger partial charge in [0, 0.05) is 18.2 Å². The van der Waals surface area contributed by atoms with Crippen molar-refractivity contribution in [2.45, 2.75) is 32.7 Å². The Hall–Kier alpha value is -1.22. The molecule has 2 unspecified atom stereocenters. The van der Waals surface area contributed by atoms with Gasteiger partial charge in [0.25, 0.3) is 5.91 Å². The lowest BCUT2D eigenvalue weighted by Crippen LogP contribution is -2.44. The summed E-state index contributed by atoms with van der Waals surface area (Å²) in [6.07, 6.45) is 2.25. The molecule has 1 amide bonds. The number of nitrogens with two attached hydrogens (primary N) is 1. The van der Waals surface area contributed by atoms with Crippen LogP contribution in [-0.2, 0) is 0 Å². The van der Waals surface area contributed by atoms with Gasteiger partial charge in [-0.15, -0.1) is 0 Å². The van der Waals surface area contributed by atoms with E-state index in [1.54, 1.807) is 18.2 Å². The number of rotatable bonds is 1. The molecule has 0 radical (unpaired) electrons. The van der Waals surface area contributed by atoms with Crippen LogP contribution in [0.25, 0.3) is 0 Å². The highest BCUT2D eigenvalue weighted by Gasteiger charge is 2.27. The van der Waals surface area contributed by atoms with E-state index in [1.165, 1.54) is 6.42 Å². The number of nitrogen functional groups attached to an aromatic ring is 1. The van der Waals surface area contributed by atoms with E-state index in [1.807, 2.05) is 4.90 Å². The highest BCUT2D eigenvalue weighted by molar-refractivity contribution is 6.33. The highest BCUT2D eigenvalue weighted by Crippen LogP contribution is 2.25. The summed E-state index contributed by atoms with van der Waals surface area (Å²) in [5.41, 5.74) is 6.79. The van der Waals surface area contributed by atoms with Gasteiger partial charge in [-0.3, -0.25) is 4.79 Å². The summed E-state index contributed by atoms with van der Waals surface area (Å²) in [6, 6.07) is 5.39. The van der Waals surface area contributed by atoms with Gasteiger partial charge in [-0.05, 0) is 43.9 Å². The maximum atomic E-state index is 12.4. The quantitative estimate of drug-likeness (QED) is 0.794. The highest BCUT2D eigenvalue weighted by atomic mass is 35.5. The molecule has 2 N–H and O–H groups in total. The van der Waals surface area contributed by atoms with Crippen molar-refractivity contribution in [2.24, 2.45) is 5.92 Å². The van der Waals surface area contributed by atoms with Gasteiger partial charge in [0.1, 0.15) is 0 Å². The second kappa shape index (κ2) is 5.19. The number of hydrogen-bond acceptors (Lipinski definition) is 2. The van der Waals surface area contributed by atoms with Crippen LogP contribution in [0.3, 0.4) is 0 Å². The molecule has 4 heteroatoms. The molecule has 0 bridgehead atoms. The third kappa shape index (κ3) is 2.61. The van der Waals surface area contributed by atoms with Crippen LogP contribution in [0.1, 0.15) is 37.0 Å². The third-order valence-electron chi connectivity index (χ3n) is 3.63. The molecule has 1 saturated heterocycles. The van der Waals surface area contributed by atoms with E-state index in [9.17, 15) is 4.79 Å². The minimum atomic E-state index is 0.0518. The number of anilines is 1. The Morgan fingerprint density at radius 3 is 2.78 bits per heavy atom. The number of halogens is 1. The van der Waals surface area contributed by atoms with Gasteiger partial charge in [-0.1, -0.05) is 18.5 Å². The first-order valence-corrected chi connectivity index (χ1v) is 6.73. The zero-order valence-corrected chi connectivity index (χ0v) is 11.6. The average molecular weight is 267 g/mol. The zero-order chi connectivity index (χ0) is 13.3. The van der Waals surface area contributed by atoms with Crippen molar-refractivity contribution in [1.82, 2.24) is 4.90 Å². The topological polar surface area (TPSA) is 46.3 Å². The van der Waals surface area contributed by atoms with Gasteiger partial charge in [0.2, 0.25) is 0 Å². The van der Waals surface area contributed by atoms with Crippen LogP contribution in [0, 0.1) is 5.92 Å². The molecular formula is C14H19ClN2O. The molecule has 0 spiro atoms. The fourth-order valence-electron chi connectivity index (χ4n) is 2.40. The van der Waals surface area contributed by atoms with Crippen LogP contribution in [0.5, 0.6) is 0 Å². The molecule has 98 valence electrons. The van der Waals surface area contributed by atoms with Gasteiger partial charge in [0.05, 0.1) is 10.7 Å². The maximum absolute atomic E-state index is 12.4. The van der Waals surface area contributed by atoms with E-state index >= 15 is 0 Å². The minimum absolute atomic E-state index is 0.0518. The Labute approximate surface area is 113 Å². The summed E-state index contributed by atoms with van der Waals surface area (Å²) in [7, 11) is 0. The number of amides is 1. The smallest absolute Gasteiger partial charge is 0.254 e. The molecule has 3 nitrogen and oxygen atoms in total. The largest absolute Gasteiger partial charge is 0.398 e. The molecule has 1 aromatic rings. The van der Waals surface area contributed by atoms with E-state index in [-0.39, 0.29) is 5.91 Å². The fraction of sp³-hybridized carbons (Fsp3) is 0.500. The molecule has 1 aliphatic heterocycles. The summed E-state index contributed by atoms with van der Waals surface area (Å²) in [4.78, 5) is 14.4. The Morgan fingerprint density at radius 1 is 1.39 bits per heavy atom. The summed E-state index contributed by atoms with van der Waals surface area (Å²) in [6.45, 7) is 5.10. The van der Waals surface area contributed by atoms with Crippen molar-refractivity contribution in [3.05, 3.63) is 28.8 Å². The first-order chi connectivity index (χ1) is 8.49. The lowest BCUT2D eigenvalue weighted by molar-refractivity contribution is 0.0574. The van der Waals surface area contributed by atoms with Gasteiger partial charge in [-0.2, -0.15) is 0 Å². The first kappa shape index (κ1) is 13.2. The number of likely N-dealkylation sites (tertiary alicyclic amines) is 1. The van der Waals surface area contributed by atoms with Gasteiger partial charge < -0.3 is 10.6 Å². The number of carbonyl (C=O) groups is 1. The molecule has 0 aromatic heterocycles. The molecule has 0 aliphatic carbocycles. The summed E-state index contributed by atoms with van der Waals surface area (Å²) >= 11 is 5.97. The van der Waals surface area contributed by atoms with E-state index in [2.05, 4.69) is 13.8 Å². The van der Waals surface area contributed by atoms with Crippen molar-refractivity contribution in [1.29, 1.82) is 0 Å². The summed E-state index contributed by atoms with van der Waals surface area (Å²) in [5.74, 6) is 0.616. The van der Waals surface area contributed by atoms with Crippen molar-refractivity contribution in [3.63, 3.8) is 0 Å². The van der Waals surface area contributed by atoms with E-state index in [4.69, 9.17) is 17.3 Å². The van der Waals surface area contributed by atoms with Gasteiger partial charge in [-0.25, -0.2) is 0 Å². The first-order valence-electron chi connectivity index (χ1n) is 6.35. The molecule has 1 aromatic carbocycles. The number of benzene rings is 1. The molecule has 2 rings (SSSR count). The second-order valence-electron chi connectivity index (χ2n) is 5.23. The number of nitrogens with zero attached hydrogens (tertiary/aromatic N) is 1. The van der Waals surface area contributed by atoms with Crippen molar-refractivity contribution in [3.8, 4) is 0 Å². The van der Waals surface area contributed by atoms with Crippen LogP contribution in [0.4, 0.5) is 5.69 Å². The van der Waals surface area contributed by atoms with E-state index in [0.29, 0.717) is 28.2 Å². The van der Waals surface area contributed by atoms with Gasteiger partial charge >= 0.3 is 0 Å². The summed E-state index contributed by atoms with van der Waals surface area (Å²) in [5, 5.41) is 0.443. The fourth-order valence-corrected chi connectivity index (χ4v) is 2.58. The zero-order valence-electron chi connectivity index (χ0n) is 10.8. The van der Waals surface area contributed by atoms with Crippen molar-refractivity contribution < 1.29 is 4.79 Å². The Kier molecular flexibility index (Phi) is 3.81. The molecule has 0 saturated carbocycles. The lowest BCUT2D eigenvalue weighted by Gasteiger charge is -2.37. The van der Waals surface area contributed by atoms with E-state index < -0.39 is 0 Å². The van der Waals surface area contributed by atoms with Crippen LogP contribution < -0.4 is 5.73 Å². The number of piperidine rings is 1. The standard InChI is InChI=1S/C14H19ClN2O/c1-9-3-4-10(2)17(8-9)14(18)11-5-6-13(16)12(15)7-11/h5-7,9-10H,3-4,8,16H2,1-2H3. The normalized spacial score (nSPS) is 24.1. The van der Waals surface area contributed by atoms with Crippen LogP contribution >= 0.6 is 11.6 Å². The Balaban J connectivity index is 2.21. The molecule has 1 aliphatic rings. The summed E-state index contributed by atoms with van der Waals surface area (Å²) < 4.78 is 0. The van der Waals surface area contributed by atoms with Crippen molar-refractivity contribution in [2.75, 3.05) is 12.3 Å². The van der Waals surface area contributed by atoms with Crippen LogP contribution in [-0.4, -0.2) is 23.4 Å². The molecule has 18 heavy (non-hydrogen) atoms. The van der Waals surface area contributed by atoms with Gasteiger partial charge in [0.15, 0.2) is 0 Å². The molecular weight excluding hydrogens is 248 g/mol. The molecule has 1 heterocycles.